The van der Waals surface area contributed by atoms with Crippen molar-refractivity contribution in [2.24, 2.45) is 5.92 Å². The summed E-state index contributed by atoms with van der Waals surface area (Å²) in [6.07, 6.45) is 0. The largest absolute Gasteiger partial charge is 0.481 e. The van der Waals surface area contributed by atoms with Crippen LogP contribution in [0.4, 0.5) is 5.69 Å². The third-order valence-corrected chi connectivity index (χ3v) is 3.31. The lowest BCUT2D eigenvalue weighted by molar-refractivity contribution is -0.385. The molecule has 8 heteroatoms. The first kappa shape index (κ1) is 16.1. The summed E-state index contributed by atoms with van der Waals surface area (Å²) >= 11 is 3.09. The van der Waals surface area contributed by atoms with Gasteiger partial charge in [-0.3, -0.25) is 19.7 Å². The normalized spacial score (nSPS) is 13.3. The van der Waals surface area contributed by atoms with Crippen molar-refractivity contribution in [2.45, 2.75) is 19.9 Å². The molecule has 7 nitrogen and oxygen atoms in total. The van der Waals surface area contributed by atoms with Gasteiger partial charge in [0, 0.05) is 28.2 Å². The predicted octanol–water partition coefficient (Wildman–Crippen LogP) is 2.20. The Morgan fingerprint density at radius 1 is 1.35 bits per heavy atom. The number of benzene rings is 1. The molecule has 0 aromatic heterocycles. The number of nitrogens with one attached hydrogen (secondary N) is 1. The van der Waals surface area contributed by atoms with Gasteiger partial charge < -0.3 is 10.4 Å². The zero-order valence-corrected chi connectivity index (χ0v) is 12.4. The SMILES string of the molecule is CC(NC(=O)c1cc(Br)cc([N+](=O)[O-])c1)C(C)C(=O)O. The van der Waals surface area contributed by atoms with Crippen LogP contribution in [0.15, 0.2) is 22.7 Å². The molecule has 0 radical (unpaired) electrons. The first-order valence-corrected chi connectivity index (χ1v) is 6.50. The second kappa shape index (κ2) is 6.47. The molecule has 2 N–H and O–H groups in total. The lowest BCUT2D eigenvalue weighted by Gasteiger charge is -2.17. The van der Waals surface area contributed by atoms with Crippen LogP contribution in [0, 0.1) is 16.0 Å². The van der Waals surface area contributed by atoms with Crippen LogP contribution in [0.25, 0.3) is 0 Å². The average molecular weight is 345 g/mol. The standard InChI is InChI=1S/C12H13BrN2O5/c1-6(12(17)18)7(2)14-11(16)8-3-9(13)5-10(4-8)15(19)20/h3-7H,1-2H3,(H,14,16)(H,17,18). The number of rotatable bonds is 5. The molecule has 0 aliphatic heterocycles. The number of nitro groups is 1. The van der Waals surface area contributed by atoms with E-state index in [9.17, 15) is 19.7 Å². The minimum Gasteiger partial charge on any atom is -0.481 e. The van der Waals surface area contributed by atoms with Crippen molar-refractivity contribution in [2.75, 3.05) is 0 Å². The number of aliphatic carboxylic acids is 1. The summed E-state index contributed by atoms with van der Waals surface area (Å²) in [5.41, 5.74) is -0.126. The molecule has 0 saturated carbocycles. The maximum Gasteiger partial charge on any atom is 0.308 e. The number of nitrogens with zero attached hydrogens (tertiary/aromatic N) is 1. The molecule has 2 atom stereocenters. The monoisotopic (exact) mass is 344 g/mol. The van der Waals surface area contributed by atoms with Crippen LogP contribution in [0.1, 0.15) is 24.2 Å². The molecule has 0 aliphatic rings. The molecule has 1 amide bonds. The first-order chi connectivity index (χ1) is 9.22. The predicted molar refractivity (Wildman–Crippen MR) is 74.5 cm³/mol. The van der Waals surface area contributed by atoms with Gasteiger partial charge in [0.2, 0.25) is 0 Å². The van der Waals surface area contributed by atoms with E-state index >= 15 is 0 Å². The fraction of sp³-hybridized carbons (Fsp3) is 0.333. The highest BCUT2D eigenvalue weighted by Crippen LogP contribution is 2.21. The lowest BCUT2D eigenvalue weighted by Crippen LogP contribution is -2.40. The van der Waals surface area contributed by atoms with E-state index in [0.29, 0.717) is 4.47 Å². The van der Waals surface area contributed by atoms with E-state index in [0.717, 1.165) is 6.07 Å². The van der Waals surface area contributed by atoms with Gasteiger partial charge in [0.1, 0.15) is 0 Å². The van der Waals surface area contributed by atoms with Crippen LogP contribution in [0.2, 0.25) is 0 Å². The highest BCUT2D eigenvalue weighted by molar-refractivity contribution is 9.10. The molecule has 1 aromatic carbocycles. The molecular weight excluding hydrogens is 332 g/mol. The van der Waals surface area contributed by atoms with E-state index in [1.165, 1.54) is 19.1 Å². The Hall–Kier alpha value is -1.96. The number of nitro benzene ring substituents is 1. The number of carboxylic acids is 1. The van der Waals surface area contributed by atoms with Gasteiger partial charge in [-0.05, 0) is 19.9 Å². The van der Waals surface area contributed by atoms with Gasteiger partial charge in [-0.25, -0.2) is 0 Å². The topological polar surface area (TPSA) is 110 Å². The Labute approximate surface area is 123 Å². The number of hydrogen-bond acceptors (Lipinski definition) is 4. The maximum absolute atomic E-state index is 12.0. The van der Waals surface area contributed by atoms with E-state index in [1.807, 2.05) is 0 Å². The Bertz CT molecular complexity index is 561. The molecule has 2 unspecified atom stereocenters. The van der Waals surface area contributed by atoms with Crippen molar-refractivity contribution in [3.63, 3.8) is 0 Å². The van der Waals surface area contributed by atoms with E-state index in [4.69, 9.17) is 5.11 Å². The number of amides is 1. The van der Waals surface area contributed by atoms with E-state index in [2.05, 4.69) is 21.2 Å². The lowest BCUT2D eigenvalue weighted by atomic mass is 10.0. The third-order valence-electron chi connectivity index (χ3n) is 2.85. The van der Waals surface area contributed by atoms with Crippen LogP contribution in [0.5, 0.6) is 0 Å². The molecule has 108 valence electrons. The van der Waals surface area contributed by atoms with E-state index in [1.54, 1.807) is 6.92 Å². The Morgan fingerprint density at radius 2 is 1.95 bits per heavy atom. The fourth-order valence-corrected chi connectivity index (χ4v) is 1.92. The van der Waals surface area contributed by atoms with Gasteiger partial charge in [0.05, 0.1) is 10.8 Å². The van der Waals surface area contributed by atoms with Gasteiger partial charge in [-0.15, -0.1) is 0 Å². The fourth-order valence-electron chi connectivity index (χ4n) is 1.44. The van der Waals surface area contributed by atoms with Crippen molar-refractivity contribution < 1.29 is 19.6 Å². The Balaban J connectivity index is 2.93. The quantitative estimate of drug-likeness (QED) is 0.628. The van der Waals surface area contributed by atoms with Gasteiger partial charge >= 0.3 is 5.97 Å². The molecule has 0 fully saturated rings. The number of halogens is 1. The number of carboxylic acid groups (broad SMARTS) is 1. The van der Waals surface area contributed by atoms with Gasteiger partial charge in [0.15, 0.2) is 0 Å². The van der Waals surface area contributed by atoms with Gasteiger partial charge in [-0.2, -0.15) is 0 Å². The van der Waals surface area contributed by atoms with E-state index < -0.39 is 28.8 Å². The van der Waals surface area contributed by atoms with Crippen LogP contribution in [-0.2, 0) is 4.79 Å². The van der Waals surface area contributed by atoms with E-state index in [-0.39, 0.29) is 11.3 Å². The average Bonchev–Trinajstić information content (AvgIpc) is 2.36. The Kier molecular flexibility index (Phi) is 5.20. The van der Waals surface area contributed by atoms with Gasteiger partial charge in [0.25, 0.3) is 11.6 Å². The molecule has 0 saturated heterocycles. The highest BCUT2D eigenvalue weighted by atomic mass is 79.9. The van der Waals surface area contributed by atoms with Crippen molar-refractivity contribution in [1.29, 1.82) is 0 Å². The molecule has 0 aliphatic carbocycles. The Morgan fingerprint density at radius 3 is 2.45 bits per heavy atom. The number of hydrogen-bond donors (Lipinski definition) is 2. The van der Waals surface area contributed by atoms with Crippen LogP contribution < -0.4 is 5.32 Å². The second-order valence-corrected chi connectivity index (χ2v) is 5.26. The molecule has 20 heavy (non-hydrogen) atoms. The summed E-state index contributed by atoms with van der Waals surface area (Å²) in [5.74, 6) is -2.35. The van der Waals surface area contributed by atoms with Crippen molar-refractivity contribution >= 4 is 33.5 Å². The summed E-state index contributed by atoms with van der Waals surface area (Å²) < 4.78 is 0.399. The first-order valence-electron chi connectivity index (χ1n) is 5.71. The minimum atomic E-state index is -1.03. The molecule has 0 spiro atoms. The summed E-state index contributed by atoms with van der Waals surface area (Å²) in [7, 11) is 0. The number of carbonyl (C=O) groups excluding carboxylic acids is 1. The smallest absolute Gasteiger partial charge is 0.308 e. The molecule has 1 aromatic rings. The maximum atomic E-state index is 12.0. The van der Waals surface area contributed by atoms with Crippen molar-refractivity contribution in [3.05, 3.63) is 38.3 Å². The minimum absolute atomic E-state index is 0.0931. The molecule has 1 rings (SSSR count). The van der Waals surface area contributed by atoms with Crippen LogP contribution in [0.3, 0.4) is 0 Å². The molecular formula is C12H13BrN2O5. The number of carbonyl (C=O) groups is 2. The van der Waals surface area contributed by atoms with Gasteiger partial charge in [-0.1, -0.05) is 15.9 Å². The second-order valence-electron chi connectivity index (χ2n) is 4.34. The zero-order chi connectivity index (χ0) is 15.4. The summed E-state index contributed by atoms with van der Waals surface area (Å²) in [6, 6.07) is 3.25. The number of non-ortho nitro benzene ring substituents is 1. The summed E-state index contributed by atoms with van der Waals surface area (Å²) in [6.45, 7) is 3.03. The summed E-state index contributed by atoms with van der Waals surface area (Å²) in [4.78, 5) is 32.9. The highest BCUT2D eigenvalue weighted by Gasteiger charge is 2.22. The third kappa shape index (κ3) is 4.02. The van der Waals surface area contributed by atoms with Crippen molar-refractivity contribution in [1.82, 2.24) is 5.32 Å². The van der Waals surface area contributed by atoms with Crippen LogP contribution >= 0.6 is 15.9 Å². The van der Waals surface area contributed by atoms with Crippen molar-refractivity contribution in [3.8, 4) is 0 Å². The van der Waals surface area contributed by atoms with Crippen LogP contribution in [-0.4, -0.2) is 27.9 Å². The molecule has 0 bridgehead atoms. The zero-order valence-electron chi connectivity index (χ0n) is 10.8. The summed E-state index contributed by atoms with van der Waals surface area (Å²) in [5, 5.41) is 22.1. The molecule has 0 heterocycles.